The molecule has 0 spiro atoms. The summed E-state index contributed by atoms with van der Waals surface area (Å²) in [6.07, 6.45) is 9.42. The fraction of sp³-hybridized carbons (Fsp3) is 0.500. The van der Waals surface area contributed by atoms with Gasteiger partial charge in [-0.2, -0.15) is 0 Å². The summed E-state index contributed by atoms with van der Waals surface area (Å²) in [5.74, 6) is 0.110. The van der Waals surface area contributed by atoms with E-state index in [1.165, 1.54) is 10.5 Å². The Morgan fingerprint density at radius 1 is 1.00 bits per heavy atom. The van der Waals surface area contributed by atoms with Crippen LogP contribution in [0, 0.1) is 6.92 Å². The Morgan fingerprint density at radius 3 is 2.35 bits per heavy atom. The zero-order chi connectivity index (χ0) is 23.7. The van der Waals surface area contributed by atoms with E-state index < -0.39 is 5.41 Å². The molecule has 2 aromatic rings. The standard InChI is InChI=1S/C28H33N3O3/c1-20-6-2-5-9-24(20)28(19-26(33)31(27(28)34)23-7-3-4-8-23)18-25(32)30-16-12-22(13-17-30)21-10-14-29-15-11-21/h2,5-6,9-11,14-15,22-23H,3-4,7-8,12-13,16-19H2,1H3/t28-/m1/s1. The van der Waals surface area contributed by atoms with Gasteiger partial charge in [0.15, 0.2) is 0 Å². The maximum Gasteiger partial charge on any atom is 0.241 e. The molecule has 1 saturated carbocycles. The molecule has 0 N–H and O–H groups in total. The second-order valence-corrected chi connectivity index (χ2v) is 10.2. The van der Waals surface area contributed by atoms with Crippen molar-refractivity contribution in [2.24, 2.45) is 0 Å². The number of aromatic nitrogens is 1. The van der Waals surface area contributed by atoms with Crippen LogP contribution in [0.2, 0.25) is 0 Å². The molecule has 0 unspecified atom stereocenters. The average molecular weight is 460 g/mol. The molecule has 6 nitrogen and oxygen atoms in total. The minimum absolute atomic E-state index is 0.0166. The van der Waals surface area contributed by atoms with Crippen molar-refractivity contribution in [1.29, 1.82) is 0 Å². The van der Waals surface area contributed by atoms with Crippen LogP contribution in [0.3, 0.4) is 0 Å². The SMILES string of the molecule is Cc1ccccc1[C@@]1(CC(=O)N2CCC(c3ccncc3)CC2)CC(=O)N(C2CCCC2)C1=O. The highest BCUT2D eigenvalue weighted by Gasteiger charge is 2.56. The van der Waals surface area contributed by atoms with Crippen LogP contribution in [-0.2, 0) is 19.8 Å². The quantitative estimate of drug-likeness (QED) is 0.631. The Balaban J connectivity index is 1.38. The van der Waals surface area contributed by atoms with Crippen molar-refractivity contribution in [3.8, 4) is 0 Å². The van der Waals surface area contributed by atoms with E-state index in [1.54, 1.807) is 0 Å². The fourth-order valence-electron chi connectivity index (χ4n) is 6.32. The number of nitrogens with zero attached hydrogens (tertiary/aromatic N) is 3. The molecule has 3 amide bonds. The minimum atomic E-state index is -1.09. The summed E-state index contributed by atoms with van der Waals surface area (Å²) in [5.41, 5.74) is 1.96. The number of pyridine rings is 1. The second kappa shape index (κ2) is 9.32. The number of carbonyl (C=O) groups excluding carboxylic acids is 3. The van der Waals surface area contributed by atoms with Gasteiger partial charge >= 0.3 is 0 Å². The van der Waals surface area contributed by atoms with Gasteiger partial charge in [0.05, 0.1) is 5.41 Å². The van der Waals surface area contributed by atoms with Gasteiger partial charge in [0.25, 0.3) is 0 Å². The van der Waals surface area contributed by atoms with E-state index in [0.29, 0.717) is 19.0 Å². The molecular formula is C28H33N3O3. The van der Waals surface area contributed by atoms with E-state index in [4.69, 9.17) is 0 Å². The number of aryl methyl sites for hydroxylation is 1. The predicted octanol–water partition coefficient (Wildman–Crippen LogP) is 4.13. The highest BCUT2D eigenvalue weighted by molar-refractivity contribution is 6.11. The Morgan fingerprint density at radius 2 is 1.68 bits per heavy atom. The smallest absolute Gasteiger partial charge is 0.241 e. The van der Waals surface area contributed by atoms with Gasteiger partial charge in [-0.3, -0.25) is 24.3 Å². The Kier molecular flexibility index (Phi) is 6.24. The van der Waals surface area contributed by atoms with E-state index in [9.17, 15) is 14.4 Å². The molecule has 2 aliphatic heterocycles. The van der Waals surface area contributed by atoms with Crippen LogP contribution in [0.25, 0.3) is 0 Å². The van der Waals surface area contributed by atoms with Crippen molar-refractivity contribution in [3.05, 3.63) is 65.5 Å². The van der Waals surface area contributed by atoms with E-state index in [2.05, 4.69) is 17.1 Å². The molecule has 0 bridgehead atoms. The first kappa shape index (κ1) is 22.8. The molecule has 1 aromatic heterocycles. The summed E-state index contributed by atoms with van der Waals surface area (Å²) in [6, 6.07) is 11.8. The Labute approximate surface area is 201 Å². The van der Waals surface area contributed by atoms with Gasteiger partial charge in [-0.05, 0) is 67.3 Å². The summed E-state index contributed by atoms with van der Waals surface area (Å²) in [6.45, 7) is 3.31. The molecule has 3 fully saturated rings. The number of likely N-dealkylation sites (tertiary alicyclic amines) is 2. The number of carbonyl (C=O) groups is 3. The number of amides is 3. The third-order valence-corrected chi connectivity index (χ3v) is 8.18. The second-order valence-electron chi connectivity index (χ2n) is 10.2. The zero-order valence-electron chi connectivity index (χ0n) is 19.9. The third-order valence-electron chi connectivity index (χ3n) is 8.18. The molecule has 5 rings (SSSR count). The first-order valence-corrected chi connectivity index (χ1v) is 12.6. The molecule has 0 radical (unpaired) electrons. The molecule has 6 heteroatoms. The average Bonchev–Trinajstić information content (AvgIpc) is 3.46. The van der Waals surface area contributed by atoms with Crippen LogP contribution < -0.4 is 0 Å². The molecular weight excluding hydrogens is 426 g/mol. The largest absolute Gasteiger partial charge is 0.343 e. The van der Waals surface area contributed by atoms with Gasteiger partial charge < -0.3 is 4.90 Å². The predicted molar refractivity (Wildman–Crippen MR) is 129 cm³/mol. The van der Waals surface area contributed by atoms with Crippen molar-refractivity contribution in [1.82, 2.24) is 14.8 Å². The first-order valence-electron chi connectivity index (χ1n) is 12.6. The molecule has 3 aliphatic rings. The van der Waals surface area contributed by atoms with Crippen molar-refractivity contribution in [3.63, 3.8) is 0 Å². The fourth-order valence-corrected chi connectivity index (χ4v) is 6.32. The van der Waals surface area contributed by atoms with Crippen LogP contribution in [0.5, 0.6) is 0 Å². The molecule has 1 atom stereocenters. The number of rotatable bonds is 5. The van der Waals surface area contributed by atoms with Crippen molar-refractivity contribution < 1.29 is 14.4 Å². The van der Waals surface area contributed by atoms with Crippen LogP contribution in [0.1, 0.15) is 74.0 Å². The number of hydrogen-bond donors (Lipinski definition) is 0. The molecule has 3 heterocycles. The maximum absolute atomic E-state index is 14.0. The minimum Gasteiger partial charge on any atom is -0.343 e. The third kappa shape index (κ3) is 4.04. The topological polar surface area (TPSA) is 70.6 Å². The summed E-state index contributed by atoms with van der Waals surface area (Å²) in [7, 11) is 0. The van der Waals surface area contributed by atoms with Gasteiger partial charge in [-0.25, -0.2) is 0 Å². The van der Waals surface area contributed by atoms with Crippen LogP contribution >= 0.6 is 0 Å². The van der Waals surface area contributed by atoms with Gasteiger partial charge in [0.2, 0.25) is 17.7 Å². The monoisotopic (exact) mass is 459 g/mol. The summed E-state index contributed by atoms with van der Waals surface area (Å²) < 4.78 is 0. The van der Waals surface area contributed by atoms with E-state index in [-0.39, 0.29) is 36.6 Å². The lowest BCUT2D eigenvalue weighted by atomic mass is 9.73. The van der Waals surface area contributed by atoms with Gasteiger partial charge in [-0.15, -0.1) is 0 Å². The Bertz CT molecular complexity index is 1070. The van der Waals surface area contributed by atoms with E-state index in [1.807, 2.05) is 48.5 Å². The summed E-state index contributed by atoms with van der Waals surface area (Å²) in [5, 5.41) is 0. The summed E-state index contributed by atoms with van der Waals surface area (Å²) in [4.78, 5) is 48.3. The van der Waals surface area contributed by atoms with E-state index >= 15 is 0 Å². The number of piperidine rings is 1. The van der Waals surface area contributed by atoms with Crippen molar-refractivity contribution >= 4 is 17.7 Å². The summed E-state index contributed by atoms with van der Waals surface area (Å²) >= 11 is 0. The highest BCUT2D eigenvalue weighted by atomic mass is 16.2. The lowest BCUT2D eigenvalue weighted by molar-refractivity contribution is -0.145. The van der Waals surface area contributed by atoms with Crippen molar-refractivity contribution in [2.75, 3.05) is 13.1 Å². The lowest BCUT2D eigenvalue weighted by Gasteiger charge is -2.36. The van der Waals surface area contributed by atoms with Crippen LogP contribution in [0.15, 0.2) is 48.8 Å². The molecule has 178 valence electrons. The van der Waals surface area contributed by atoms with Crippen LogP contribution in [-0.4, -0.2) is 51.6 Å². The van der Waals surface area contributed by atoms with Crippen LogP contribution in [0.4, 0.5) is 0 Å². The number of imide groups is 1. The molecule has 34 heavy (non-hydrogen) atoms. The van der Waals surface area contributed by atoms with Gasteiger partial charge in [-0.1, -0.05) is 37.1 Å². The van der Waals surface area contributed by atoms with Gasteiger partial charge in [0.1, 0.15) is 0 Å². The first-order chi connectivity index (χ1) is 16.5. The highest BCUT2D eigenvalue weighted by Crippen LogP contribution is 2.44. The number of hydrogen-bond acceptors (Lipinski definition) is 4. The Hall–Kier alpha value is -3.02. The normalized spacial score (nSPS) is 24.3. The van der Waals surface area contributed by atoms with Crippen molar-refractivity contribution in [2.45, 2.75) is 75.7 Å². The van der Waals surface area contributed by atoms with Gasteiger partial charge in [0, 0.05) is 44.4 Å². The molecule has 1 aromatic carbocycles. The lowest BCUT2D eigenvalue weighted by Crippen LogP contribution is -2.47. The number of benzene rings is 1. The molecule has 2 saturated heterocycles. The van der Waals surface area contributed by atoms with E-state index in [0.717, 1.165) is 49.7 Å². The molecule has 1 aliphatic carbocycles. The zero-order valence-corrected chi connectivity index (χ0v) is 19.9. The maximum atomic E-state index is 14.0.